The molecule has 2 aliphatic heterocycles. The second-order valence-corrected chi connectivity index (χ2v) is 3.86. The van der Waals surface area contributed by atoms with E-state index in [1.54, 1.807) is 0 Å². The zero-order valence-electron chi connectivity index (χ0n) is 7.00. The van der Waals surface area contributed by atoms with Crippen LogP contribution in [0.4, 0.5) is 0 Å². The zero-order chi connectivity index (χ0) is 7.68. The Labute approximate surface area is 68.2 Å². The maximum Gasteiger partial charge on any atom is 0.0567 e. The first-order valence-corrected chi connectivity index (χ1v) is 4.78. The van der Waals surface area contributed by atoms with E-state index in [9.17, 15) is 5.11 Å². The second-order valence-electron chi connectivity index (χ2n) is 3.86. The lowest BCUT2D eigenvalue weighted by atomic mass is 9.92. The summed E-state index contributed by atoms with van der Waals surface area (Å²) in [5, 5.41) is 9.42. The Morgan fingerprint density at radius 3 is 2.91 bits per heavy atom. The van der Waals surface area contributed by atoms with Gasteiger partial charge in [0.1, 0.15) is 0 Å². The van der Waals surface area contributed by atoms with Gasteiger partial charge in [-0.15, -0.1) is 0 Å². The van der Waals surface area contributed by atoms with E-state index in [4.69, 9.17) is 0 Å². The van der Waals surface area contributed by atoms with Gasteiger partial charge in [-0.25, -0.2) is 0 Å². The van der Waals surface area contributed by atoms with Crippen LogP contribution in [0.25, 0.3) is 0 Å². The highest BCUT2D eigenvalue weighted by atomic mass is 16.3. The summed E-state index contributed by atoms with van der Waals surface area (Å²) < 4.78 is 0. The van der Waals surface area contributed by atoms with Crippen molar-refractivity contribution in [2.75, 3.05) is 13.1 Å². The van der Waals surface area contributed by atoms with Crippen LogP contribution in [0.1, 0.15) is 32.1 Å². The third-order valence-corrected chi connectivity index (χ3v) is 3.04. The predicted octanol–water partition coefficient (Wildman–Crippen LogP) is 0.996. The number of nitrogens with zero attached hydrogens (tertiary/aromatic N) is 1. The highest BCUT2D eigenvalue weighted by Crippen LogP contribution is 2.25. The van der Waals surface area contributed by atoms with Gasteiger partial charge in [-0.05, 0) is 32.2 Å². The molecule has 0 aromatic heterocycles. The summed E-state index contributed by atoms with van der Waals surface area (Å²) in [4.78, 5) is 2.55. The van der Waals surface area contributed by atoms with Crippen molar-refractivity contribution in [3.05, 3.63) is 0 Å². The molecule has 0 aromatic rings. The molecule has 2 saturated heterocycles. The Bertz CT molecular complexity index is 138. The lowest BCUT2D eigenvalue weighted by Crippen LogP contribution is -2.46. The van der Waals surface area contributed by atoms with Crippen LogP contribution in [0, 0.1) is 0 Å². The molecule has 2 nitrogen and oxygen atoms in total. The maximum absolute atomic E-state index is 9.42. The largest absolute Gasteiger partial charge is 0.393 e. The number of fused-ring (bicyclic) bond motifs is 1. The monoisotopic (exact) mass is 155 g/mol. The standard InChI is InChI=1S/C9H17NO/c11-9-4-6-10-5-2-1-3-8(10)7-9/h8-9,11H,1-7H2/t8?,9-/m1/s1. The van der Waals surface area contributed by atoms with Gasteiger partial charge in [0.05, 0.1) is 6.10 Å². The number of aliphatic hydroxyl groups is 1. The lowest BCUT2D eigenvalue weighted by molar-refractivity contribution is 0.0236. The number of aliphatic hydroxyl groups excluding tert-OH is 1. The van der Waals surface area contributed by atoms with Crippen molar-refractivity contribution in [1.29, 1.82) is 0 Å². The van der Waals surface area contributed by atoms with Crippen LogP contribution in [-0.4, -0.2) is 35.2 Å². The van der Waals surface area contributed by atoms with E-state index in [0.29, 0.717) is 6.04 Å². The SMILES string of the molecule is O[C@@H]1CCN2CCCCC2C1. The van der Waals surface area contributed by atoms with Gasteiger partial charge in [0, 0.05) is 12.6 Å². The molecule has 2 heterocycles. The molecule has 0 amide bonds. The Kier molecular flexibility index (Phi) is 2.14. The molecular formula is C9H17NO. The molecule has 2 fully saturated rings. The molecule has 2 rings (SSSR count). The van der Waals surface area contributed by atoms with Crippen LogP contribution in [0.5, 0.6) is 0 Å². The molecule has 0 bridgehead atoms. The minimum atomic E-state index is -0.00523. The molecular weight excluding hydrogens is 138 g/mol. The topological polar surface area (TPSA) is 23.5 Å². The first-order valence-electron chi connectivity index (χ1n) is 4.78. The number of hydrogen-bond donors (Lipinski definition) is 1. The van der Waals surface area contributed by atoms with Gasteiger partial charge in [-0.3, -0.25) is 0 Å². The molecule has 2 aliphatic rings. The fourth-order valence-electron chi connectivity index (χ4n) is 2.37. The Hall–Kier alpha value is -0.0800. The zero-order valence-corrected chi connectivity index (χ0v) is 7.00. The molecule has 1 N–H and O–H groups in total. The third-order valence-electron chi connectivity index (χ3n) is 3.04. The van der Waals surface area contributed by atoms with Gasteiger partial charge in [0.2, 0.25) is 0 Å². The minimum absolute atomic E-state index is 0.00523. The van der Waals surface area contributed by atoms with Crippen molar-refractivity contribution in [3.8, 4) is 0 Å². The molecule has 0 aliphatic carbocycles. The number of piperidine rings is 2. The summed E-state index contributed by atoms with van der Waals surface area (Å²) >= 11 is 0. The van der Waals surface area contributed by atoms with E-state index in [1.165, 1.54) is 25.8 Å². The van der Waals surface area contributed by atoms with E-state index in [2.05, 4.69) is 4.90 Å². The normalized spacial score (nSPS) is 40.1. The van der Waals surface area contributed by atoms with Gasteiger partial charge in [0.25, 0.3) is 0 Å². The first-order chi connectivity index (χ1) is 5.36. The summed E-state index contributed by atoms with van der Waals surface area (Å²) in [7, 11) is 0. The smallest absolute Gasteiger partial charge is 0.0567 e. The number of rotatable bonds is 0. The second kappa shape index (κ2) is 3.11. The van der Waals surface area contributed by atoms with Crippen molar-refractivity contribution >= 4 is 0 Å². The average Bonchev–Trinajstić information content (AvgIpc) is 2.04. The van der Waals surface area contributed by atoms with Crippen LogP contribution < -0.4 is 0 Å². The van der Waals surface area contributed by atoms with Crippen LogP contribution in [0.3, 0.4) is 0 Å². The average molecular weight is 155 g/mol. The van der Waals surface area contributed by atoms with Crippen LogP contribution >= 0.6 is 0 Å². The van der Waals surface area contributed by atoms with Crippen molar-refractivity contribution < 1.29 is 5.11 Å². The van der Waals surface area contributed by atoms with Crippen molar-refractivity contribution in [2.45, 2.75) is 44.2 Å². The number of hydrogen-bond acceptors (Lipinski definition) is 2. The van der Waals surface area contributed by atoms with E-state index in [1.807, 2.05) is 0 Å². The molecule has 2 heteroatoms. The van der Waals surface area contributed by atoms with Gasteiger partial charge >= 0.3 is 0 Å². The van der Waals surface area contributed by atoms with E-state index < -0.39 is 0 Å². The van der Waals surface area contributed by atoms with E-state index in [-0.39, 0.29) is 6.10 Å². The van der Waals surface area contributed by atoms with Crippen molar-refractivity contribution in [3.63, 3.8) is 0 Å². The van der Waals surface area contributed by atoms with Crippen LogP contribution in [-0.2, 0) is 0 Å². The highest BCUT2D eigenvalue weighted by Gasteiger charge is 2.28. The summed E-state index contributed by atoms with van der Waals surface area (Å²) in [6.07, 6.45) is 6.07. The fourth-order valence-corrected chi connectivity index (χ4v) is 2.37. The van der Waals surface area contributed by atoms with E-state index >= 15 is 0 Å². The molecule has 11 heavy (non-hydrogen) atoms. The lowest BCUT2D eigenvalue weighted by Gasteiger charge is -2.40. The molecule has 2 atom stereocenters. The molecule has 0 spiro atoms. The molecule has 0 aromatic carbocycles. The molecule has 1 unspecified atom stereocenters. The quantitative estimate of drug-likeness (QED) is 0.564. The van der Waals surface area contributed by atoms with Crippen LogP contribution in [0.15, 0.2) is 0 Å². The van der Waals surface area contributed by atoms with E-state index in [0.717, 1.165) is 19.4 Å². The maximum atomic E-state index is 9.42. The first kappa shape index (κ1) is 7.56. The summed E-state index contributed by atoms with van der Waals surface area (Å²) in [5.74, 6) is 0. The third kappa shape index (κ3) is 1.57. The van der Waals surface area contributed by atoms with Gasteiger partial charge in [-0.1, -0.05) is 6.42 Å². The van der Waals surface area contributed by atoms with Gasteiger partial charge in [0.15, 0.2) is 0 Å². The van der Waals surface area contributed by atoms with Gasteiger partial charge in [-0.2, -0.15) is 0 Å². The van der Waals surface area contributed by atoms with Gasteiger partial charge < -0.3 is 10.0 Å². The predicted molar refractivity (Wildman–Crippen MR) is 44.5 cm³/mol. The molecule has 0 saturated carbocycles. The Morgan fingerprint density at radius 1 is 1.09 bits per heavy atom. The van der Waals surface area contributed by atoms with Crippen molar-refractivity contribution in [2.24, 2.45) is 0 Å². The van der Waals surface area contributed by atoms with Crippen LogP contribution in [0.2, 0.25) is 0 Å². The minimum Gasteiger partial charge on any atom is -0.393 e. The molecule has 0 radical (unpaired) electrons. The molecule has 64 valence electrons. The Balaban J connectivity index is 1.93. The fraction of sp³-hybridized carbons (Fsp3) is 1.00. The summed E-state index contributed by atoms with van der Waals surface area (Å²) in [6, 6.07) is 0.715. The summed E-state index contributed by atoms with van der Waals surface area (Å²) in [5.41, 5.74) is 0. The summed E-state index contributed by atoms with van der Waals surface area (Å²) in [6.45, 7) is 2.41. The highest BCUT2D eigenvalue weighted by molar-refractivity contribution is 4.84. The van der Waals surface area contributed by atoms with Crippen molar-refractivity contribution in [1.82, 2.24) is 4.90 Å². The Morgan fingerprint density at radius 2 is 2.00 bits per heavy atom.